The Hall–Kier alpha value is -2.49. The summed E-state index contributed by atoms with van der Waals surface area (Å²) in [5.41, 5.74) is 12.0. The molecule has 0 saturated heterocycles. The standard InChI is InChI=1S/C17H17N3O/c1-21-14-7-8-16-15(10-14)19-17(18)20(16)13-6-5-11-3-2-4-12(11)9-13/h5-10H,2-4H2,1H3,(H2,18,19). The van der Waals surface area contributed by atoms with Crippen molar-refractivity contribution in [3.8, 4) is 11.4 Å². The normalized spacial score (nSPS) is 13.6. The van der Waals surface area contributed by atoms with Crippen molar-refractivity contribution in [1.29, 1.82) is 0 Å². The number of benzene rings is 2. The third-order valence-electron chi connectivity index (χ3n) is 4.23. The number of nitrogens with two attached hydrogens (primary N) is 1. The van der Waals surface area contributed by atoms with E-state index >= 15 is 0 Å². The van der Waals surface area contributed by atoms with Crippen molar-refractivity contribution in [2.75, 3.05) is 12.8 Å². The average Bonchev–Trinajstić information content (AvgIpc) is 3.08. The van der Waals surface area contributed by atoms with Gasteiger partial charge >= 0.3 is 0 Å². The van der Waals surface area contributed by atoms with Crippen LogP contribution in [-0.4, -0.2) is 16.7 Å². The largest absolute Gasteiger partial charge is 0.497 e. The molecule has 0 atom stereocenters. The van der Waals surface area contributed by atoms with E-state index in [1.807, 2.05) is 22.8 Å². The second-order valence-corrected chi connectivity index (χ2v) is 5.47. The molecule has 2 N–H and O–H groups in total. The molecule has 0 spiro atoms. The summed E-state index contributed by atoms with van der Waals surface area (Å²) >= 11 is 0. The summed E-state index contributed by atoms with van der Waals surface area (Å²) in [6.07, 6.45) is 3.59. The molecule has 4 nitrogen and oxygen atoms in total. The summed E-state index contributed by atoms with van der Waals surface area (Å²) < 4.78 is 7.25. The summed E-state index contributed by atoms with van der Waals surface area (Å²) in [6.45, 7) is 0. The van der Waals surface area contributed by atoms with Crippen LogP contribution in [0.5, 0.6) is 5.75 Å². The van der Waals surface area contributed by atoms with Crippen LogP contribution in [0, 0.1) is 0 Å². The third kappa shape index (κ3) is 1.87. The number of rotatable bonds is 2. The number of aryl methyl sites for hydroxylation is 2. The van der Waals surface area contributed by atoms with Gasteiger partial charge in [-0.05, 0) is 54.7 Å². The van der Waals surface area contributed by atoms with Gasteiger partial charge in [-0.2, -0.15) is 0 Å². The van der Waals surface area contributed by atoms with Crippen molar-refractivity contribution in [1.82, 2.24) is 9.55 Å². The molecule has 1 heterocycles. The molecular weight excluding hydrogens is 262 g/mol. The number of hydrogen-bond donors (Lipinski definition) is 1. The summed E-state index contributed by atoms with van der Waals surface area (Å²) in [6, 6.07) is 12.4. The maximum Gasteiger partial charge on any atom is 0.205 e. The van der Waals surface area contributed by atoms with Gasteiger partial charge in [0.2, 0.25) is 5.95 Å². The Bertz CT molecular complexity index is 835. The summed E-state index contributed by atoms with van der Waals surface area (Å²) in [7, 11) is 1.65. The van der Waals surface area contributed by atoms with Crippen LogP contribution in [0.1, 0.15) is 17.5 Å². The van der Waals surface area contributed by atoms with Crippen LogP contribution in [0.4, 0.5) is 5.95 Å². The highest BCUT2D eigenvalue weighted by atomic mass is 16.5. The summed E-state index contributed by atoms with van der Waals surface area (Å²) in [5.74, 6) is 1.30. The lowest BCUT2D eigenvalue weighted by molar-refractivity contribution is 0.415. The van der Waals surface area contributed by atoms with E-state index in [0.29, 0.717) is 5.95 Å². The van der Waals surface area contributed by atoms with Gasteiger partial charge in [0.05, 0.1) is 18.1 Å². The fourth-order valence-corrected chi connectivity index (χ4v) is 3.17. The van der Waals surface area contributed by atoms with Crippen molar-refractivity contribution >= 4 is 17.0 Å². The quantitative estimate of drug-likeness (QED) is 0.784. The van der Waals surface area contributed by atoms with Gasteiger partial charge < -0.3 is 10.5 Å². The molecule has 0 fully saturated rings. The maximum atomic E-state index is 6.13. The molecule has 106 valence electrons. The molecule has 21 heavy (non-hydrogen) atoms. The zero-order chi connectivity index (χ0) is 14.4. The first-order chi connectivity index (χ1) is 10.3. The first-order valence-electron chi connectivity index (χ1n) is 7.20. The van der Waals surface area contributed by atoms with Gasteiger partial charge in [0.15, 0.2) is 0 Å². The molecule has 0 radical (unpaired) electrons. The van der Waals surface area contributed by atoms with Crippen molar-refractivity contribution in [3.05, 3.63) is 47.5 Å². The van der Waals surface area contributed by atoms with Crippen LogP contribution in [0.2, 0.25) is 0 Å². The number of imidazole rings is 1. The van der Waals surface area contributed by atoms with Crippen LogP contribution < -0.4 is 10.5 Å². The maximum absolute atomic E-state index is 6.13. The van der Waals surface area contributed by atoms with Gasteiger partial charge in [-0.1, -0.05) is 6.07 Å². The number of anilines is 1. The fraction of sp³-hybridized carbons (Fsp3) is 0.235. The van der Waals surface area contributed by atoms with Crippen molar-refractivity contribution < 1.29 is 4.74 Å². The lowest BCUT2D eigenvalue weighted by atomic mass is 10.1. The second-order valence-electron chi connectivity index (χ2n) is 5.47. The molecule has 0 unspecified atom stereocenters. The predicted octanol–water partition coefficient (Wildman–Crippen LogP) is 3.11. The van der Waals surface area contributed by atoms with Gasteiger partial charge in [-0.25, -0.2) is 4.98 Å². The van der Waals surface area contributed by atoms with E-state index < -0.39 is 0 Å². The molecule has 0 aliphatic heterocycles. The van der Waals surface area contributed by atoms with E-state index in [9.17, 15) is 0 Å². The highest BCUT2D eigenvalue weighted by Crippen LogP contribution is 2.29. The van der Waals surface area contributed by atoms with Crippen molar-refractivity contribution in [2.45, 2.75) is 19.3 Å². The summed E-state index contributed by atoms with van der Waals surface area (Å²) in [5, 5.41) is 0. The number of nitrogens with zero attached hydrogens (tertiary/aromatic N) is 2. The first kappa shape index (κ1) is 12.3. The number of aromatic nitrogens is 2. The average molecular weight is 279 g/mol. The molecule has 0 bridgehead atoms. The lowest BCUT2D eigenvalue weighted by Gasteiger charge is -2.09. The molecule has 0 amide bonds. The van der Waals surface area contributed by atoms with Crippen LogP contribution in [0.15, 0.2) is 36.4 Å². The van der Waals surface area contributed by atoms with E-state index in [2.05, 4.69) is 23.2 Å². The third-order valence-corrected chi connectivity index (χ3v) is 4.23. The first-order valence-corrected chi connectivity index (χ1v) is 7.20. The van der Waals surface area contributed by atoms with Crippen LogP contribution in [0.25, 0.3) is 16.7 Å². The van der Waals surface area contributed by atoms with Crippen molar-refractivity contribution in [2.24, 2.45) is 0 Å². The van der Waals surface area contributed by atoms with Crippen molar-refractivity contribution in [3.63, 3.8) is 0 Å². The molecule has 1 aliphatic rings. The molecule has 1 aliphatic carbocycles. The molecule has 4 heteroatoms. The topological polar surface area (TPSA) is 53.1 Å². The highest BCUT2D eigenvalue weighted by Gasteiger charge is 2.15. The van der Waals surface area contributed by atoms with Gasteiger partial charge in [0.25, 0.3) is 0 Å². The van der Waals surface area contributed by atoms with E-state index in [4.69, 9.17) is 10.5 Å². The smallest absolute Gasteiger partial charge is 0.205 e. The molecule has 4 rings (SSSR count). The molecular formula is C17H17N3O. The van der Waals surface area contributed by atoms with Crippen LogP contribution in [-0.2, 0) is 12.8 Å². The number of methoxy groups -OCH3 is 1. The summed E-state index contributed by atoms with van der Waals surface area (Å²) in [4.78, 5) is 4.45. The Morgan fingerprint density at radius 3 is 2.81 bits per heavy atom. The molecule has 3 aromatic rings. The predicted molar refractivity (Wildman–Crippen MR) is 84.1 cm³/mol. The van der Waals surface area contributed by atoms with Gasteiger partial charge in [-0.15, -0.1) is 0 Å². The van der Waals surface area contributed by atoms with Gasteiger partial charge in [0, 0.05) is 11.8 Å². The van der Waals surface area contributed by atoms with E-state index in [0.717, 1.165) is 28.9 Å². The molecule has 2 aromatic carbocycles. The van der Waals surface area contributed by atoms with Gasteiger partial charge in [-0.3, -0.25) is 4.57 Å². The SMILES string of the molecule is COc1ccc2c(c1)nc(N)n2-c1ccc2c(c1)CCC2. The Labute approximate surface area is 123 Å². The number of fused-ring (bicyclic) bond motifs is 2. The minimum absolute atomic E-state index is 0.510. The van der Waals surface area contributed by atoms with Gasteiger partial charge in [0.1, 0.15) is 5.75 Å². The number of nitrogen functional groups attached to an aromatic ring is 1. The fourth-order valence-electron chi connectivity index (χ4n) is 3.17. The molecule has 0 saturated carbocycles. The van der Waals surface area contributed by atoms with Crippen LogP contribution >= 0.6 is 0 Å². The van der Waals surface area contributed by atoms with Crippen LogP contribution in [0.3, 0.4) is 0 Å². The minimum atomic E-state index is 0.510. The second kappa shape index (κ2) is 4.52. The highest BCUT2D eigenvalue weighted by molar-refractivity contribution is 5.82. The van der Waals surface area contributed by atoms with E-state index in [-0.39, 0.29) is 0 Å². The van der Waals surface area contributed by atoms with E-state index in [1.54, 1.807) is 7.11 Å². The molecule has 1 aromatic heterocycles. The lowest BCUT2D eigenvalue weighted by Crippen LogP contribution is -2.01. The van der Waals surface area contributed by atoms with E-state index in [1.165, 1.54) is 24.0 Å². The number of ether oxygens (including phenoxy) is 1. The Kier molecular flexibility index (Phi) is 2.64. The zero-order valence-corrected chi connectivity index (χ0v) is 12.0. The Morgan fingerprint density at radius 1 is 1.10 bits per heavy atom. The monoisotopic (exact) mass is 279 g/mol. The zero-order valence-electron chi connectivity index (χ0n) is 12.0. The number of hydrogen-bond acceptors (Lipinski definition) is 3. The minimum Gasteiger partial charge on any atom is -0.497 e. The Morgan fingerprint density at radius 2 is 1.95 bits per heavy atom. The Balaban J connectivity index is 1.91.